The van der Waals surface area contributed by atoms with Gasteiger partial charge in [0.15, 0.2) is 0 Å². The zero-order valence-corrected chi connectivity index (χ0v) is 10.6. The molecule has 0 fully saturated rings. The summed E-state index contributed by atoms with van der Waals surface area (Å²) in [5, 5.41) is 0.822. The van der Waals surface area contributed by atoms with Crippen molar-refractivity contribution in [1.29, 1.82) is 0 Å². The second-order valence-electron chi connectivity index (χ2n) is 5.05. The summed E-state index contributed by atoms with van der Waals surface area (Å²) in [4.78, 5) is 23.9. The molecular formula is C14H15NO3. The van der Waals surface area contributed by atoms with Crippen LogP contribution in [0.3, 0.4) is 0 Å². The van der Waals surface area contributed by atoms with Crippen molar-refractivity contribution in [3.63, 3.8) is 0 Å². The van der Waals surface area contributed by atoms with Gasteiger partial charge in [0.05, 0.1) is 5.52 Å². The summed E-state index contributed by atoms with van der Waals surface area (Å²) in [7, 11) is 0. The molecule has 0 aliphatic rings. The van der Waals surface area contributed by atoms with Gasteiger partial charge in [0.25, 0.3) is 5.56 Å². The zero-order chi connectivity index (χ0) is 13.3. The first-order valence-corrected chi connectivity index (χ1v) is 5.73. The number of pyridine rings is 1. The second kappa shape index (κ2) is 4.29. The molecule has 0 radical (unpaired) electrons. The van der Waals surface area contributed by atoms with Gasteiger partial charge in [0.2, 0.25) is 0 Å². The molecular weight excluding hydrogens is 230 g/mol. The molecule has 2 aromatic rings. The van der Waals surface area contributed by atoms with Gasteiger partial charge in [-0.1, -0.05) is 18.2 Å². The van der Waals surface area contributed by atoms with Crippen molar-refractivity contribution in [1.82, 2.24) is 4.57 Å². The van der Waals surface area contributed by atoms with Crippen molar-refractivity contribution in [2.75, 3.05) is 0 Å². The molecule has 18 heavy (non-hydrogen) atoms. The Bertz CT molecular complexity index is 650. The number of rotatable bonds is 0. The third kappa shape index (κ3) is 2.42. The van der Waals surface area contributed by atoms with Gasteiger partial charge in [-0.15, -0.1) is 0 Å². The van der Waals surface area contributed by atoms with Crippen molar-refractivity contribution in [3.8, 4) is 0 Å². The number of carbonyl (C=O) groups excluding carboxylic acids is 1. The number of hydrogen-bond acceptors (Lipinski definition) is 3. The monoisotopic (exact) mass is 245 g/mol. The van der Waals surface area contributed by atoms with Crippen molar-refractivity contribution in [2.45, 2.75) is 26.4 Å². The standard InChI is InChI=1S/C14H15NO3/c1-14(2,3)18-13(17)15-11-7-5-4-6-10(11)8-9-12(15)16/h4-9H,1-3H3. The van der Waals surface area contributed by atoms with Crippen LogP contribution in [0.15, 0.2) is 41.2 Å². The SMILES string of the molecule is CC(C)(C)OC(=O)n1c(=O)ccc2ccccc21. The lowest BCUT2D eigenvalue weighted by molar-refractivity contribution is 0.0538. The summed E-state index contributed by atoms with van der Waals surface area (Å²) >= 11 is 0. The lowest BCUT2D eigenvalue weighted by Crippen LogP contribution is -2.33. The van der Waals surface area contributed by atoms with Crippen LogP contribution in [0.4, 0.5) is 4.79 Å². The van der Waals surface area contributed by atoms with Gasteiger partial charge in [-0.05, 0) is 38.3 Å². The third-order valence-corrected chi connectivity index (χ3v) is 2.38. The number of aromatic nitrogens is 1. The Kier molecular flexibility index (Phi) is 2.95. The Labute approximate surface area is 105 Å². The molecule has 0 saturated carbocycles. The predicted molar refractivity (Wildman–Crippen MR) is 69.8 cm³/mol. The topological polar surface area (TPSA) is 48.3 Å². The van der Waals surface area contributed by atoms with E-state index < -0.39 is 11.7 Å². The zero-order valence-electron chi connectivity index (χ0n) is 10.6. The summed E-state index contributed by atoms with van der Waals surface area (Å²) in [6.07, 6.45) is -0.649. The van der Waals surface area contributed by atoms with Crippen LogP contribution >= 0.6 is 0 Å². The van der Waals surface area contributed by atoms with Gasteiger partial charge in [-0.25, -0.2) is 9.36 Å². The van der Waals surface area contributed by atoms with E-state index in [0.717, 1.165) is 9.95 Å². The first-order chi connectivity index (χ1) is 8.38. The average Bonchev–Trinajstić information content (AvgIpc) is 2.26. The highest BCUT2D eigenvalue weighted by Crippen LogP contribution is 2.14. The molecule has 0 bridgehead atoms. The summed E-state index contributed by atoms with van der Waals surface area (Å²) in [5.41, 5.74) is -0.463. The Morgan fingerprint density at radius 1 is 1.11 bits per heavy atom. The van der Waals surface area contributed by atoms with Gasteiger partial charge < -0.3 is 4.74 Å². The van der Waals surface area contributed by atoms with Crippen LogP contribution in [0.1, 0.15) is 20.8 Å². The Morgan fingerprint density at radius 2 is 1.78 bits per heavy atom. The molecule has 0 aliphatic carbocycles. The summed E-state index contributed by atoms with van der Waals surface area (Å²) in [6.45, 7) is 5.29. The number of fused-ring (bicyclic) bond motifs is 1. The Balaban J connectivity index is 2.60. The first-order valence-electron chi connectivity index (χ1n) is 5.73. The van der Waals surface area contributed by atoms with E-state index in [0.29, 0.717) is 5.52 Å². The van der Waals surface area contributed by atoms with Crippen LogP contribution in [0.25, 0.3) is 10.9 Å². The van der Waals surface area contributed by atoms with E-state index in [1.807, 2.05) is 12.1 Å². The fourth-order valence-corrected chi connectivity index (χ4v) is 1.68. The summed E-state index contributed by atoms with van der Waals surface area (Å²) in [6, 6.07) is 10.3. The number of ether oxygens (including phenoxy) is 1. The summed E-state index contributed by atoms with van der Waals surface area (Å²) in [5.74, 6) is 0. The van der Waals surface area contributed by atoms with E-state index in [-0.39, 0.29) is 5.56 Å². The largest absolute Gasteiger partial charge is 0.443 e. The molecule has 0 unspecified atom stereocenters. The molecule has 2 rings (SSSR count). The van der Waals surface area contributed by atoms with E-state index in [1.165, 1.54) is 6.07 Å². The first kappa shape index (κ1) is 12.4. The number of carbonyl (C=O) groups is 1. The molecule has 0 atom stereocenters. The molecule has 4 nitrogen and oxygen atoms in total. The van der Waals surface area contributed by atoms with Gasteiger partial charge in [0.1, 0.15) is 5.60 Å². The van der Waals surface area contributed by atoms with Crippen LogP contribution in [0, 0.1) is 0 Å². The van der Waals surface area contributed by atoms with Gasteiger partial charge in [-0.3, -0.25) is 4.79 Å². The minimum absolute atomic E-state index is 0.386. The smallest absolute Gasteiger partial charge is 0.422 e. The second-order valence-corrected chi connectivity index (χ2v) is 5.05. The van der Waals surface area contributed by atoms with Crippen molar-refractivity contribution >= 4 is 17.0 Å². The third-order valence-electron chi connectivity index (χ3n) is 2.38. The van der Waals surface area contributed by atoms with Crippen molar-refractivity contribution < 1.29 is 9.53 Å². The molecule has 0 spiro atoms. The number of hydrogen-bond donors (Lipinski definition) is 0. The van der Waals surface area contributed by atoms with Crippen LogP contribution in [0.2, 0.25) is 0 Å². The molecule has 1 aromatic heterocycles. The van der Waals surface area contributed by atoms with Gasteiger partial charge in [-0.2, -0.15) is 0 Å². The van der Waals surface area contributed by atoms with Crippen LogP contribution < -0.4 is 5.56 Å². The lowest BCUT2D eigenvalue weighted by atomic mass is 10.2. The fraction of sp³-hybridized carbons (Fsp3) is 0.286. The summed E-state index contributed by atoms with van der Waals surface area (Å²) < 4.78 is 6.29. The van der Waals surface area contributed by atoms with Gasteiger partial charge in [0, 0.05) is 6.07 Å². The Morgan fingerprint density at radius 3 is 2.44 bits per heavy atom. The van der Waals surface area contributed by atoms with Crippen molar-refractivity contribution in [3.05, 3.63) is 46.8 Å². The predicted octanol–water partition coefficient (Wildman–Crippen LogP) is 2.78. The quantitative estimate of drug-likeness (QED) is 0.717. The molecule has 94 valence electrons. The fourth-order valence-electron chi connectivity index (χ4n) is 1.68. The Hall–Kier alpha value is -2.10. The lowest BCUT2D eigenvalue weighted by Gasteiger charge is -2.20. The highest BCUT2D eigenvalue weighted by molar-refractivity contribution is 5.87. The molecule has 1 heterocycles. The average molecular weight is 245 g/mol. The minimum atomic E-state index is -0.649. The van der Waals surface area contributed by atoms with E-state index in [9.17, 15) is 9.59 Å². The maximum Gasteiger partial charge on any atom is 0.422 e. The molecule has 0 amide bonds. The number of para-hydroxylation sites is 1. The van der Waals surface area contributed by atoms with Crippen LogP contribution in [-0.2, 0) is 4.74 Å². The van der Waals surface area contributed by atoms with E-state index in [1.54, 1.807) is 39.0 Å². The highest BCUT2D eigenvalue weighted by atomic mass is 16.6. The number of benzene rings is 1. The normalized spacial score (nSPS) is 11.5. The highest BCUT2D eigenvalue weighted by Gasteiger charge is 2.19. The molecule has 0 saturated heterocycles. The van der Waals surface area contributed by atoms with Gasteiger partial charge >= 0.3 is 6.09 Å². The maximum absolute atomic E-state index is 12.0. The number of nitrogens with zero attached hydrogens (tertiary/aromatic N) is 1. The maximum atomic E-state index is 12.0. The van der Waals surface area contributed by atoms with E-state index >= 15 is 0 Å². The molecule has 4 heteroatoms. The molecule has 0 N–H and O–H groups in total. The van der Waals surface area contributed by atoms with Crippen molar-refractivity contribution in [2.24, 2.45) is 0 Å². The van der Waals surface area contributed by atoms with E-state index in [2.05, 4.69) is 0 Å². The van der Waals surface area contributed by atoms with Crippen LogP contribution in [0.5, 0.6) is 0 Å². The van der Waals surface area contributed by atoms with Crippen LogP contribution in [-0.4, -0.2) is 16.3 Å². The van der Waals surface area contributed by atoms with E-state index in [4.69, 9.17) is 4.74 Å². The molecule has 1 aromatic carbocycles. The minimum Gasteiger partial charge on any atom is -0.443 e. The molecule has 0 aliphatic heterocycles.